The average molecular weight is 258 g/mol. The molecule has 0 aliphatic rings. The molecule has 1 aromatic carbocycles. The fourth-order valence-electron chi connectivity index (χ4n) is 1.18. The van der Waals surface area contributed by atoms with Crippen LogP contribution in [0.1, 0.15) is 15.9 Å². The van der Waals surface area contributed by atoms with Crippen LogP contribution >= 0.6 is 0 Å². The van der Waals surface area contributed by atoms with E-state index in [1.807, 2.05) is 0 Å². The second-order valence-corrected chi connectivity index (χ2v) is 3.29. The summed E-state index contributed by atoms with van der Waals surface area (Å²) in [5.74, 6) is -0.517. The van der Waals surface area contributed by atoms with Crippen LogP contribution in [-0.4, -0.2) is 19.0 Å². The number of nitrogens with one attached hydrogen (secondary N) is 1. The van der Waals surface area contributed by atoms with Crippen molar-refractivity contribution >= 4 is 5.91 Å². The van der Waals surface area contributed by atoms with Crippen molar-refractivity contribution in [1.29, 1.82) is 0 Å². The minimum atomic E-state index is -4.42. The number of halogens is 3. The summed E-state index contributed by atoms with van der Waals surface area (Å²) in [5, 5.41) is 5.61. The van der Waals surface area contributed by atoms with Crippen molar-refractivity contribution in [3.63, 3.8) is 0 Å². The van der Waals surface area contributed by atoms with Gasteiger partial charge in [0.25, 0.3) is 5.91 Å². The van der Waals surface area contributed by atoms with E-state index in [1.54, 1.807) is 0 Å². The predicted molar refractivity (Wildman–Crippen MR) is 57.8 cm³/mol. The third-order valence-corrected chi connectivity index (χ3v) is 2.04. The molecular weight excluding hydrogens is 249 g/mol. The number of amides is 1. The highest BCUT2D eigenvalue weighted by molar-refractivity contribution is 5.94. The zero-order chi connectivity index (χ0) is 13.6. The maximum absolute atomic E-state index is 12.3. The Labute approximate surface area is 100 Å². The lowest BCUT2D eigenvalue weighted by Crippen LogP contribution is -2.25. The van der Waals surface area contributed by atoms with Gasteiger partial charge in [0.05, 0.1) is 5.56 Å². The van der Waals surface area contributed by atoms with Crippen LogP contribution in [0.4, 0.5) is 13.2 Å². The van der Waals surface area contributed by atoms with E-state index >= 15 is 0 Å². The molecule has 0 radical (unpaired) electrons. The number of hydrogen-bond acceptors (Lipinski definition) is 2. The van der Waals surface area contributed by atoms with Gasteiger partial charge in [-0.25, -0.2) is 0 Å². The first-order valence-electron chi connectivity index (χ1n) is 4.91. The Hall–Kier alpha value is -2.21. The molecule has 0 unspecified atom stereocenters. The Morgan fingerprint density at radius 3 is 2.44 bits per heavy atom. The number of carbonyl (C=O) groups is 1. The fraction of sp³-hybridized carbons (Fsp3) is 0.300. The Balaban J connectivity index is 2.62. The van der Waals surface area contributed by atoms with Gasteiger partial charge in [0.2, 0.25) is 0 Å². The molecule has 1 amide bonds. The summed E-state index contributed by atoms with van der Waals surface area (Å²) in [7, 11) is 0. The number of alkyl halides is 3. The molecule has 0 fully saturated rings. The highest BCUT2D eigenvalue weighted by Crippen LogP contribution is 2.28. The van der Waals surface area contributed by atoms with E-state index in [2.05, 4.69) is 15.3 Å². The summed E-state index contributed by atoms with van der Waals surface area (Å²) in [5.41, 5.74) is 7.30. The highest BCUT2D eigenvalue weighted by atomic mass is 19.4. The number of benzene rings is 1. The number of rotatable bonds is 4. The SMILES string of the molecule is [N-]=[N+]=NCCNC(=O)c1ccc(C(F)(F)F)cc1. The van der Waals surface area contributed by atoms with Crippen molar-refractivity contribution in [1.82, 2.24) is 5.32 Å². The van der Waals surface area contributed by atoms with Crippen LogP contribution in [0.2, 0.25) is 0 Å². The van der Waals surface area contributed by atoms with Crippen LogP contribution in [-0.2, 0) is 6.18 Å². The molecule has 8 heteroatoms. The van der Waals surface area contributed by atoms with Crippen molar-refractivity contribution in [3.8, 4) is 0 Å². The summed E-state index contributed by atoms with van der Waals surface area (Å²) >= 11 is 0. The second kappa shape index (κ2) is 5.92. The zero-order valence-electron chi connectivity index (χ0n) is 9.11. The molecule has 0 bridgehead atoms. The monoisotopic (exact) mass is 258 g/mol. The molecule has 96 valence electrons. The molecule has 0 heterocycles. The normalized spacial score (nSPS) is 10.6. The first kappa shape index (κ1) is 13.9. The molecule has 18 heavy (non-hydrogen) atoms. The van der Waals surface area contributed by atoms with E-state index in [0.717, 1.165) is 24.3 Å². The van der Waals surface area contributed by atoms with Crippen LogP contribution in [0.3, 0.4) is 0 Å². The lowest BCUT2D eigenvalue weighted by atomic mass is 10.1. The number of nitrogens with zero attached hydrogens (tertiary/aromatic N) is 3. The van der Waals surface area contributed by atoms with Crippen LogP contribution in [0, 0.1) is 0 Å². The van der Waals surface area contributed by atoms with Gasteiger partial charge in [-0.2, -0.15) is 13.2 Å². The van der Waals surface area contributed by atoms with Gasteiger partial charge in [0, 0.05) is 23.6 Å². The van der Waals surface area contributed by atoms with Crippen molar-refractivity contribution in [2.24, 2.45) is 5.11 Å². The first-order valence-corrected chi connectivity index (χ1v) is 4.91. The lowest BCUT2D eigenvalue weighted by Gasteiger charge is -2.07. The van der Waals surface area contributed by atoms with E-state index in [4.69, 9.17) is 5.53 Å². The fourth-order valence-corrected chi connectivity index (χ4v) is 1.18. The van der Waals surface area contributed by atoms with E-state index < -0.39 is 17.6 Å². The summed E-state index contributed by atoms with van der Waals surface area (Å²) in [6.07, 6.45) is -4.42. The molecule has 0 saturated heterocycles. The second-order valence-electron chi connectivity index (χ2n) is 3.29. The molecule has 5 nitrogen and oxygen atoms in total. The Kier molecular flexibility index (Phi) is 4.56. The quantitative estimate of drug-likeness (QED) is 0.383. The van der Waals surface area contributed by atoms with Crippen molar-refractivity contribution < 1.29 is 18.0 Å². The van der Waals surface area contributed by atoms with Crippen LogP contribution in [0.5, 0.6) is 0 Å². The summed E-state index contributed by atoms with van der Waals surface area (Å²) in [6.45, 7) is 0.215. The molecule has 0 aliphatic heterocycles. The minimum Gasteiger partial charge on any atom is -0.352 e. The Morgan fingerprint density at radius 1 is 1.33 bits per heavy atom. The molecule has 0 aromatic heterocycles. The maximum atomic E-state index is 12.3. The molecular formula is C10H9F3N4O. The smallest absolute Gasteiger partial charge is 0.352 e. The van der Waals surface area contributed by atoms with E-state index in [9.17, 15) is 18.0 Å². The number of azide groups is 1. The molecule has 1 N–H and O–H groups in total. The van der Waals surface area contributed by atoms with Gasteiger partial charge in [-0.1, -0.05) is 5.11 Å². The van der Waals surface area contributed by atoms with Gasteiger partial charge in [0.1, 0.15) is 0 Å². The first-order chi connectivity index (χ1) is 8.45. The Morgan fingerprint density at radius 2 is 1.94 bits per heavy atom. The van der Waals surface area contributed by atoms with Gasteiger partial charge in [-0.3, -0.25) is 4.79 Å². The number of hydrogen-bond donors (Lipinski definition) is 1. The van der Waals surface area contributed by atoms with Crippen LogP contribution < -0.4 is 5.32 Å². The molecule has 0 atom stereocenters. The standard InChI is InChI=1S/C10H9F3N4O/c11-10(12,13)8-3-1-7(2-4-8)9(18)15-5-6-16-17-14/h1-4H,5-6H2,(H,15,18). The summed E-state index contributed by atoms with van der Waals surface area (Å²) in [6, 6.07) is 3.85. The van der Waals surface area contributed by atoms with Gasteiger partial charge >= 0.3 is 6.18 Å². The topological polar surface area (TPSA) is 77.9 Å². The predicted octanol–water partition coefficient (Wildman–Crippen LogP) is 2.75. The van der Waals surface area contributed by atoms with Crippen LogP contribution in [0.25, 0.3) is 10.4 Å². The van der Waals surface area contributed by atoms with Gasteiger partial charge < -0.3 is 5.32 Å². The molecule has 0 saturated carbocycles. The van der Waals surface area contributed by atoms with E-state index in [-0.39, 0.29) is 18.7 Å². The van der Waals surface area contributed by atoms with Crippen molar-refractivity contribution in [2.45, 2.75) is 6.18 Å². The molecule has 0 spiro atoms. The zero-order valence-corrected chi connectivity index (χ0v) is 9.11. The van der Waals surface area contributed by atoms with Crippen LogP contribution in [0.15, 0.2) is 29.4 Å². The van der Waals surface area contributed by atoms with E-state index in [0.29, 0.717) is 0 Å². The van der Waals surface area contributed by atoms with Crippen molar-refractivity contribution in [3.05, 3.63) is 45.8 Å². The minimum absolute atomic E-state index is 0.0862. The third kappa shape index (κ3) is 3.99. The Bertz CT molecular complexity index is 463. The molecule has 1 aromatic rings. The highest BCUT2D eigenvalue weighted by Gasteiger charge is 2.30. The third-order valence-electron chi connectivity index (χ3n) is 2.04. The molecule has 1 rings (SSSR count). The van der Waals surface area contributed by atoms with Crippen molar-refractivity contribution in [2.75, 3.05) is 13.1 Å². The number of carbonyl (C=O) groups excluding carboxylic acids is 1. The summed E-state index contributed by atoms with van der Waals surface area (Å²) < 4.78 is 36.8. The van der Waals surface area contributed by atoms with Gasteiger partial charge in [-0.05, 0) is 29.8 Å². The van der Waals surface area contributed by atoms with Gasteiger partial charge in [-0.15, -0.1) is 0 Å². The summed E-state index contributed by atoms with van der Waals surface area (Å²) in [4.78, 5) is 13.9. The molecule has 0 aliphatic carbocycles. The largest absolute Gasteiger partial charge is 0.416 e. The average Bonchev–Trinajstić information content (AvgIpc) is 2.33. The van der Waals surface area contributed by atoms with Gasteiger partial charge in [0.15, 0.2) is 0 Å². The lowest BCUT2D eigenvalue weighted by molar-refractivity contribution is -0.137. The maximum Gasteiger partial charge on any atom is 0.416 e. The van der Waals surface area contributed by atoms with E-state index in [1.165, 1.54) is 0 Å².